The van der Waals surface area contributed by atoms with Crippen LogP contribution in [0.1, 0.15) is 165 Å². The van der Waals surface area contributed by atoms with Crippen molar-refractivity contribution in [2.24, 2.45) is 0 Å². The van der Waals surface area contributed by atoms with E-state index in [1.807, 2.05) is 0 Å². The van der Waals surface area contributed by atoms with E-state index in [1.54, 1.807) is 0 Å². The van der Waals surface area contributed by atoms with Crippen LogP contribution in [0, 0.1) is 13.8 Å². The molecule has 326 valence electrons. The van der Waals surface area contributed by atoms with Crippen molar-refractivity contribution >= 4 is 21.9 Å². The zero-order chi connectivity index (χ0) is 42.9. The number of benzene rings is 5. The average molecular weight is 827 g/mol. The van der Waals surface area contributed by atoms with Gasteiger partial charge in [-0.05, 0) is 72.9 Å². The summed E-state index contributed by atoms with van der Waals surface area (Å²) in [5.41, 5.74) is 13.8. The van der Waals surface area contributed by atoms with Gasteiger partial charge in [0.1, 0.15) is 22.7 Å². The quantitative estimate of drug-likeness (QED) is 0.0509. The Morgan fingerprint density at radius 1 is 0.306 bits per heavy atom. The lowest BCUT2D eigenvalue weighted by Gasteiger charge is -2.14. The first-order chi connectivity index (χ1) is 30.6. The first kappa shape index (κ1) is 45.2. The Balaban J connectivity index is 1.21. The molecule has 0 N–H and O–H groups in total. The lowest BCUT2D eigenvalue weighted by Crippen LogP contribution is -1.92. The predicted octanol–water partition coefficient (Wildman–Crippen LogP) is 19.4. The van der Waals surface area contributed by atoms with Crippen molar-refractivity contribution in [1.29, 1.82) is 0 Å². The van der Waals surface area contributed by atoms with Crippen molar-refractivity contribution in [1.82, 2.24) is 0 Å². The molecular formula is C60H74O2. The molecule has 7 rings (SSSR count). The van der Waals surface area contributed by atoms with Gasteiger partial charge in [0.05, 0.1) is 0 Å². The van der Waals surface area contributed by atoms with Crippen LogP contribution in [0.25, 0.3) is 66.4 Å². The normalized spacial score (nSPS) is 11.7. The molecule has 0 unspecified atom stereocenters. The fourth-order valence-corrected chi connectivity index (χ4v) is 9.91. The first-order valence-electron chi connectivity index (χ1n) is 24.9. The summed E-state index contributed by atoms with van der Waals surface area (Å²) in [4.78, 5) is 0. The first-order valence-corrected chi connectivity index (χ1v) is 24.9. The molecule has 2 nitrogen and oxygen atoms in total. The molecule has 0 amide bonds. The van der Waals surface area contributed by atoms with E-state index in [0.717, 1.165) is 90.8 Å². The van der Waals surface area contributed by atoms with E-state index >= 15 is 0 Å². The van der Waals surface area contributed by atoms with E-state index in [4.69, 9.17) is 8.83 Å². The topological polar surface area (TPSA) is 26.3 Å². The van der Waals surface area contributed by atoms with Gasteiger partial charge in [-0.15, -0.1) is 0 Å². The van der Waals surface area contributed by atoms with Crippen LogP contribution < -0.4 is 0 Å². The molecular weight excluding hydrogens is 753 g/mol. The molecule has 0 aliphatic rings. The average Bonchev–Trinajstić information content (AvgIpc) is 3.83. The van der Waals surface area contributed by atoms with Gasteiger partial charge in [0, 0.05) is 33.0 Å². The second-order valence-corrected chi connectivity index (χ2v) is 18.2. The fourth-order valence-electron chi connectivity index (χ4n) is 9.91. The van der Waals surface area contributed by atoms with Gasteiger partial charge in [-0.1, -0.05) is 239 Å². The third-order valence-electron chi connectivity index (χ3n) is 13.4. The number of hydrogen-bond acceptors (Lipinski definition) is 2. The van der Waals surface area contributed by atoms with Crippen LogP contribution in [0.5, 0.6) is 0 Å². The Labute approximate surface area is 374 Å². The highest BCUT2D eigenvalue weighted by atomic mass is 16.3. The zero-order valence-electron chi connectivity index (χ0n) is 38.8. The Morgan fingerprint density at radius 3 is 0.919 bits per heavy atom. The Kier molecular flexibility index (Phi) is 17.2. The summed E-state index contributed by atoms with van der Waals surface area (Å²) in [6.45, 7) is 8.86. The van der Waals surface area contributed by atoms with Crippen LogP contribution >= 0.6 is 0 Å². The van der Waals surface area contributed by atoms with Gasteiger partial charge in [-0.3, -0.25) is 0 Å². The molecule has 0 bridgehead atoms. The van der Waals surface area contributed by atoms with Crippen LogP contribution in [0.2, 0.25) is 0 Å². The largest absolute Gasteiger partial charge is 0.460 e. The van der Waals surface area contributed by atoms with Crippen LogP contribution in [0.15, 0.2) is 118 Å². The summed E-state index contributed by atoms with van der Waals surface area (Å²) >= 11 is 0. The number of aryl methyl sites for hydroxylation is 4. The minimum atomic E-state index is 0.925. The van der Waals surface area contributed by atoms with E-state index in [0.29, 0.717) is 0 Å². The lowest BCUT2D eigenvalue weighted by atomic mass is 9.86. The van der Waals surface area contributed by atoms with Crippen molar-refractivity contribution in [3.63, 3.8) is 0 Å². The minimum absolute atomic E-state index is 0.925. The Bertz CT molecular complexity index is 2200. The highest BCUT2D eigenvalue weighted by Crippen LogP contribution is 2.53. The molecule has 0 atom stereocenters. The van der Waals surface area contributed by atoms with Crippen molar-refractivity contribution in [2.75, 3.05) is 0 Å². The van der Waals surface area contributed by atoms with Gasteiger partial charge in [0.15, 0.2) is 0 Å². The molecule has 0 aliphatic heterocycles. The summed E-state index contributed by atoms with van der Waals surface area (Å²) in [5.74, 6) is 1.85. The summed E-state index contributed by atoms with van der Waals surface area (Å²) in [7, 11) is 0. The minimum Gasteiger partial charge on any atom is -0.460 e. The molecule has 0 aliphatic carbocycles. The molecule has 0 radical (unpaired) electrons. The summed E-state index contributed by atoms with van der Waals surface area (Å²) < 4.78 is 14.2. The summed E-state index contributed by atoms with van der Waals surface area (Å²) in [5, 5.41) is 2.25. The van der Waals surface area contributed by atoms with Crippen LogP contribution in [-0.4, -0.2) is 0 Å². The number of rotatable bonds is 26. The molecule has 0 spiro atoms. The smallest absolute Gasteiger partial charge is 0.144 e. The summed E-state index contributed by atoms with van der Waals surface area (Å²) in [6, 6.07) is 40.3. The molecule has 5 aromatic carbocycles. The third-order valence-corrected chi connectivity index (χ3v) is 13.4. The number of hydrogen-bond donors (Lipinski definition) is 0. The molecule has 2 aromatic heterocycles. The van der Waals surface area contributed by atoms with Crippen LogP contribution in [-0.2, 0) is 12.8 Å². The van der Waals surface area contributed by atoms with Gasteiger partial charge < -0.3 is 8.83 Å². The van der Waals surface area contributed by atoms with Gasteiger partial charge >= 0.3 is 0 Å². The highest BCUT2D eigenvalue weighted by molar-refractivity contribution is 6.25. The number of furan rings is 2. The molecule has 62 heavy (non-hydrogen) atoms. The van der Waals surface area contributed by atoms with E-state index in [-0.39, 0.29) is 0 Å². The number of fused-ring (bicyclic) bond motifs is 2. The van der Waals surface area contributed by atoms with E-state index in [9.17, 15) is 0 Å². The Hall–Kier alpha value is -4.82. The molecule has 7 aromatic rings. The van der Waals surface area contributed by atoms with Gasteiger partial charge in [-0.25, -0.2) is 0 Å². The van der Waals surface area contributed by atoms with E-state index in [2.05, 4.69) is 137 Å². The molecule has 0 fully saturated rings. The molecule has 2 heteroatoms. The predicted molar refractivity (Wildman–Crippen MR) is 268 cm³/mol. The molecule has 2 heterocycles. The van der Waals surface area contributed by atoms with Crippen molar-refractivity contribution in [3.05, 3.63) is 132 Å². The van der Waals surface area contributed by atoms with Crippen molar-refractivity contribution in [2.45, 2.75) is 169 Å². The SMILES string of the molecule is CCCCCCCCCCCCc1ccc(-c2c3oc(C)c(-c4ccccc4)c3c(-c3ccc(CCCCCCCCCCCC)cc3)c3oc(C)c(-c4ccccc4)c23)cc1. The molecule has 0 saturated carbocycles. The summed E-state index contributed by atoms with van der Waals surface area (Å²) in [6.07, 6.45) is 29.4. The van der Waals surface area contributed by atoms with Crippen molar-refractivity contribution < 1.29 is 8.83 Å². The maximum Gasteiger partial charge on any atom is 0.144 e. The second-order valence-electron chi connectivity index (χ2n) is 18.2. The van der Waals surface area contributed by atoms with E-state index in [1.165, 1.54) is 140 Å². The fraction of sp³-hybridized carbons (Fsp3) is 0.433. The third kappa shape index (κ3) is 11.4. The molecule has 0 saturated heterocycles. The van der Waals surface area contributed by atoms with Crippen LogP contribution in [0.4, 0.5) is 0 Å². The van der Waals surface area contributed by atoms with Gasteiger partial charge in [0.2, 0.25) is 0 Å². The maximum absolute atomic E-state index is 7.08. The van der Waals surface area contributed by atoms with Crippen LogP contribution in [0.3, 0.4) is 0 Å². The van der Waals surface area contributed by atoms with Gasteiger partial charge in [-0.2, -0.15) is 0 Å². The number of unbranched alkanes of at least 4 members (excludes halogenated alkanes) is 18. The second kappa shape index (κ2) is 23.6. The maximum atomic E-state index is 7.08. The highest BCUT2D eigenvalue weighted by Gasteiger charge is 2.30. The standard InChI is InChI=1S/C60H74O2/c1-5-7-9-11-13-15-17-19-21-25-31-47-37-41-51(42-38-47)55-57-53(49-33-27-23-28-34-49)45(3)62-60(57)56(58-54(46(4)61-59(55)58)50-35-29-24-30-36-50)52-43-39-48(40-44-52)32-26-22-20-18-16-14-12-10-8-6-2/h23-24,27-30,33-44H,5-22,25-26,31-32H2,1-4H3. The van der Waals surface area contributed by atoms with Gasteiger partial charge in [0.25, 0.3) is 0 Å². The Morgan fingerprint density at radius 2 is 0.597 bits per heavy atom. The zero-order valence-corrected chi connectivity index (χ0v) is 38.8. The lowest BCUT2D eigenvalue weighted by molar-refractivity contribution is 0.556. The van der Waals surface area contributed by atoms with Crippen molar-refractivity contribution in [3.8, 4) is 44.5 Å². The van der Waals surface area contributed by atoms with E-state index < -0.39 is 0 Å². The monoisotopic (exact) mass is 827 g/mol.